The molecule has 2 aliphatic carbocycles. The summed E-state index contributed by atoms with van der Waals surface area (Å²) in [7, 11) is 1.62. The van der Waals surface area contributed by atoms with E-state index < -0.39 is 12.0 Å². The molecular formula is C30H34FN2O5-. The van der Waals surface area contributed by atoms with Gasteiger partial charge < -0.3 is 24.9 Å². The molecule has 2 amide bonds. The van der Waals surface area contributed by atoms with Crippen molar-refractivity contribution in [3.05, 3.63) is 64.0 Å². The number of carboxylic acid groups (broad SMARTS) is 1. The van der Waals surface area contributed by atoms with Gasteiger partial charge in [0.15, 0.2) is 0 Å². The van der Waals surface area contributed by atoms with Gasteiger partial charge in [0.05, 0.1) is 6.61 Å². The Bertz CT molecular complexity index is 1280. The molecule has 0 saturated heterocycles. The van der Waals surface area contributed by atoms with Gasteiger partial charge in [-0.25, -0.2) is 4.39 Å². The molecule has 2 aromatic carbocycles. The lowest BCUT2D eigenvalue weighted by atomic mass is 9.72. The minimum atomic E-state index is -1.11. The van der Waals surface area contributed by atoms with Crippen LogP contribution in [-0.4, -0.2) is 36.3 Å². The van der Waals surface area contributed by atoms with E-state index in [0.717, 1.165) is 35.1 Å². The normalized spacial score (nSPS) is 23.3. The van der Waals surface area contributed by atoms with Gasteiger partial charge in [-0.2, -0.15) is 0 Å². The lowest BCUT2D eigenvalue weighted by Crippen LogP contribution is -2.50. The molecule has 38 heavy (non-hydrogen) atoms. The Kier molecular flexibility index (Phi) is 7.03. The number of nitrogens with zero attached hydrogens (tertiary/aromatic N) is 1. The van der Waals surface area contributed by atoms with Crippen molar-refractivity contribution in [3.8, 4) is 0 Å². The fourth-order valence-corrected chi connectivity index (χ4v) is 6.50. The van der Waals surface area contributed by atoms with Crippen LogP contribution in [0.2, 0.25) is 0 Å². The molecule has 1 fully saturated rings. The SMILES string of the molecule is COCc1ccc2c(c1)CCN(C(=O)C1CC(CC(=O)[O-])C1)[C@H]2C(=O)Nc1cc(F)c2c(c1)CCC2(C)C. The first kappa shape index (κ1) is 26.4. The summed E-state index contributed by atoms with van der Waals surface area (Å²) in [6.45, 7) is 4.87. The number of carboxylic acids is 1. The molecule has 3 aliphatic rings. The molecule has 0 radical (unpaired) electrons. The summed E-state index contributed by atoms with van der Waals surface area (Å²) in [5.41, 5.74) is 4.46. The molecule has 0 bridgehead atoms. The largest absolute Gasteiger partial charge is 0.550 e. The molecule has 0 aromatic heterocycles. The van der Waals surface area contributed by atoms with Gasteiger partial charge in [-0.15, -0.1) is 0 Å². The monoisotopic (exact) mass is 521 g/mol. The number of amides is 2. The smallest absolute Gasteiger partial charge is 0.251 e. The molecule has 1 saturated carbocycles. The first-order valence-electron chi connectivity index (χ1n) is 13.3. The zero-order chi connectivity index (χ0) is 27.2. The number of hydrogen-bond acceptors (Lipinski definition) is 5. The van der Waals surface area contributed by atoms with Crippen molar-refractivity contribution in [1.29, 1.82) is 0 Å². The van der Waals surface area contributed by atoms with Gasteiger partial charge >= 0.3 is 0 Å². The molecule has 1 atom stereocenters. The number of methoxy groups -OCH3 is 1. The van der Waals surface area contributed by atoms with Crippen LogP contribution in [0.3, 0.4) is 0 Å². The van der Waals surface area contributed by atoms with Crippen LogP contribution in [0.4, 0.5) is 10.1 Å². The minimum Gasteiger partial charge on any atom is -0.550 e. The van der Waals surface area contributed by atoms with Gasteiger partial charge in [-0.1, -0.05) is 32.0 Å². The molecule has 7 nitrogen and oxygen atoms in total. The number of rotatable bonds is 7. The number of aliphatic carboxylic acids is 1. The standard InChI is InChI=1S/C30H35FN2O5/c1-30(2)8-6-20-14-22(15-24(31)26(20)30)32-28(36)27-23-5-4-17(16-38-3)10-19(23)7-9-33(27)29(37)21-11-18(12-21)13-25(34)35/h4-5,10,14-15,18,21,27H,6-9,11-13,16H2,1-3H3,(H,32,36)(H,34,35)/p-1/t18?,21?,27-/m1/s1. The van der Waals surface area contributed by atoms with E-state index in [9.17, 15) is 19.5 Å². The van der Waals surface area contributed by atoms with Gasteiger partial charge in [0, 0.05) is 31.2 Å². The second-order valence-electron chi connectivity index (χ2n) is 11.6. The van der Waals surface area contributed by atoms with E-state index in [1.54, 1.807) is 12.0 Å². The number of halogens is 1. The van der Waals surface area contributed by atoms with E-state index in [1.165, 1.54) is 6.07 Å². The molecule has 0 spiro atoms. The highest BCUT2D eigenvalue weighted by Gasteiger charge is 2.43. The highest BCUT2D eigenvalue weighted by molar-refractivity contribution is 5.99. The maximum Gasteiger partial charge on any atom is 0.251 e. The molecule has 1 heterocycles. The molecule has 5 rings (SSSR count). The van der Waals surface area contributed by atoms with E-state index in [2.05, 4.69) is 5.32 Å². The Morgan fingerprint density at radius 2 is 1.89 bits per heavy atom. The van der Waals surface area contributed by atoms with E-state index in [4.69, 9.17) is 4.74 Å². The maximum absolute atomic E-state index is 15.1. The van der Waals surface area contributed by atoms with Crippen LogP contribution in [0, 0.1) is 17.7 Å². The van der Waals surface area contributed by atoms with Crippen molar-refractivity contribution >= 4 is 23.5 Å². The van der Waals surface area contributed by atoms with Gasteiger partial charge in [0.1, 0.15) is 11.9 Å². The predicted molar refractivity (Wildman–Crippen MR) is 138 cm³/mol. The van der Waals surface area contributed by atoms with E-state index in [-0.39, 0.29) is 41.3 Å². The Balaban J connectivity index is 1.42. The maximum atomic E-state index is 15.1. The number of anilines is 1. The highest BCUT2D eigenvalue weighted by atomic mass is 19.1. The fraction of sp³-hybridized carbons (Fsp3) is 0.500. The molecule has 8 heteroatoms. The summed E-state index contributed by atoms with van der Waals surface area (Å²) in [6, 6.07) is 8.14. The van der Waals surface area contributed by atoms with Crippen molar-refractivity contribution in [2.75, 3.05) is 19.0 Å². The molecular weight excluding hydrogens is 487 g/mol. The van der Waals surface area contributed by atoms with E-state index in [0.29, 0.717) is 43.7 Å². The van der Waals surface area contributed by atoms with Crippen LogP contribution in [0.1, 0.15) is 73.4 Å². The van der Waals surface area contributed by atoms with E-state index >= 15 is 4.39 Å². The Labute approximate surface area is 222 Å². The van der Waals surface area contributed by atoms with Crippen molar-refractivity contribution < 1.29 is 28.6 Å². The lowest BCUT2D eigenvalue weighted by molar-refractivity contribution is -0.307. The van der Waals surface area contributed by atoms with Crippen LogP contribution in [0.25, 0.3) is 0 Å². The minimum absolute atomic E-state index is 0.0560. The molecule has 1 aliphatic heterocycles. The van der Waals surface area contributed by atoms with Gasteiger partial charge in [-0.3, -0.25) is 9.59 Å². The second kappa shape index (κ2) is 10.1. The number of benzene rings is 2. The van der Waals surface area contributed by atoms with Crippen LogP contribution in [-0.2, 0) is 44.0 Å². The predicted octanol–water partition coefficient (Wildman–Crippen LogP) is 3.43. The fourth-order valence-electron chi connectivity index (χ4n) is 6.50. The molecule has 202 valence electrons. The first-order valence-corrected chi connectivity index (χ1v) is 13.3. The van der Waals surface area contributed by atoms with Crippen LogP contribution >= 0.6 is 0 Å². The number of carbonyl (C=O) groups excluding carboxylic acids is 3. The average molecular weight is 522 g/mol. The lowest BCUT2D eigenvalue weighted by Gasteiger charge is -2.42. The summed E-state index contributed by atoms with van der Waals surface area (Å²) in [5, 5.41) is 13.8. The number of carbonyl (C=O) groups is 3. The quantitative estimate of drug-likeness (QED) is 0.602. The molecule has 2 aromatic rings. The Hall–Kier alpha value is -3.26. The second-order valence-corrected chi connectivity index (χ2v) is 11.6. The summed E-state index contributed by atoms with van der Waals surface area (Å²) < 4.78 is 20.4. The van der Waals surface area contributed by atoms with Crippen LogP contribution < -0.4 is 10.4 Å². The Morgan fingerprint density at radius 1 is 1.13 bits per heavy atom. The number of fused-ring (bicyclic) bond motifs is 2. The summed E-state index contributed by atoms with van der Waals surface area (Å²) in [4.78, 5) is 39.9. The number of hydrogen-bond donors (Lipinski definition) is 1. The third kappa shape index (κ3) is 4.94. The third-order valence-electron chi connectivity index (χ3n) is 8.45. The van der Waals surface area contributed by atoms with Crippen LogP contribution in [0.15, 0.2) is 30.3 Å². The number of nitrogens with one attached hydrogen (secondary N) is 1. The van der Waals surface area contributed by atoms with Crippen molar-refractivity contribution in [2.45, 2.75) is 70.4 Å². The van der Waals surface area contributed by atoms with Crippen LogP contribution in [0.5, 0.6) is 0 Å². The van der Waals surface area contributed by atoms with Crippen molar-refractivity contribution in [1.82, 2.24) is 4.90 Å². The summed E-state index contributed by atoms with van der Waals surface area (Å²) in [5.74, 6) is -2.36. The highest BCUT2D eigenvalue weighted by Crippen LogP contribution is 2.43. The number of aryl methyl sites for hydroxylation is 1. The topological polar surface area (TPSA) is 98.8 Å². The molecule has 1 N–H and O–H groups in total. The molecule has 0 unspecified atom stereocenters. The Morgan fingerprint density at radius 3 is 2.61 bits per heavy atom. The van der Waals surface area contributed by atoms with Gasteiger partial charge in [-0.05, 0) is 89.8 Å². The van der Waals surface area contributed by atoms with Crippen molar-refractivity contribution in [2.24, 2.45) is 11.8 Å². The number of ether oxygens (including phenoxy) is 1. The van der Waals surface area contributed by atoms with Gasteiger partial charge in [0.25, 0.3) is 5.91 Å². The third-order valence-corrected chi connectivity index (χ3v) is 8.45. The average Bonchev–Trinajstić information content (AvgIpc) is 3.14. The summed E-state index contributed by atoms with van der Waals surface area (Å²) >= 11 is 0. The zero-order valence-corrected chi connectivity index (χ0v) is 22.1. The van der Waals surface area contributed by atoms with Crippen molar-refractivity contribution in [3.63, 3.8) is 0 Å². The van der Waals surface area contributed by atoms with E-state index in [1.807, 2.05) is 38.1 Å². The summed E-state index contributed by atoms with van der Waals surface area (Å²) in [6.07, 6.45) is 3.09. The first-order chi connectivity index (χ1) is 18.1. The van der Waals surface area contributed by atoms with Gasteiger partial charge in [0.2, 0.25) is 5.91 Å². The zero-order valence-electron chi connectivity index (χ0n) is 22.1.